The molecule has 0 aromatic heterocycles. The Kier molecular flexibility index (Phi) is 8.17. The van der Waals surface area contributed by atoms with E-state index in [4.69, 9.17) is 22.8 Å². The molecule has 0 heterocycles. The van der Waals surface area contributed by atoms with Gasteiger partial charge < -0.3 is 27.9 Å². The van der Waals surface area contributed by atoms with E-state index in [1.165, 1.54) is 21.3 Å². The van der Waals surface area contributed by atoms with Gasteiger partial charge in [0.2, 0.25) is 0 Å². The molecule has 0 radical (unpaired) electrons. The molecule has 2 unspecified atom stereocenters. The van der Waals surface area contributed by atoms with Crippen molar-refractivity contribution >= 4 is 14.8 Å². The van der Waals surface area contributed by atoms with Gasteiger partial charge in [0.25, 0.3) is 5.41 Å². The summed E-state index contributed by atoms with van der Waals surface area (Å²) in [5.41, 5.74) is -1.55. The topological polar surface area (TPSA) is 83.5 Å². The lowest BCUT2D eigenvalue weighted by molar-refractivity contribution is -0.224. The number of aliphatic hydroxyl groups excluding tert-OH is 1. The van der Waals surface area contributed by atoms with Gasteiger partial charge in [0.15, 0.2) is 0 Å². The molecule has 7 nitrogen and oxygen atoms in total. The molecule has 0 aromatic rings. The highest BCUT2D eigenvalue weighted by molar-refractivity contribution is 6.63. The number of carbonyl (C=O) groups excluding carboxylic acids is 1. The van der Waals surface area contributed by atoms with Crippen LogP contribution in [0.15, 0.2) is 12.7 Å². The maximum Gasteiger partial charge on any atom is 0.576 e. The van der Waals surface area contributed by atoms with Crippen LogP contribution in [0, 0.1) is 0 Å². The summed E-state index contributed by atoms with van der Waals surface area (Å²) >= 11 is 0. The lowest BCUT2D eigenvalue weighted by Crippen LogP contribution is -2.67. The second-order valence-corrected chi connectivity index (χ2v) is 7.16. The summed E-state index contributed by atoms with van der Waals surface area (Å²) in [5.74, 6) is -0.694. The van der Waals surface area contributed by atoms with E-state index in [0.29, 0.717) is 0 Å². The molecular formula is C12H24O7Si. The summed E-state index contributed by atoms with van der Waals surface area (Å²) in [4.78, 5) is 11.6. The average molecular weight is 308 g/mol. The lowest BCUT2D eigenvalue weighted by Gasteiger charge is -2.41. The van der Waals surface area contributed by atoms with Gasteiger partial charge in [-0.1, -0.05) is 13.5 Å². The summed E-state index contributed by atoms with van der Waals surface area (Å²) < 4.78 is 27.0. The van der Waals surface area contributed by atoms with Crippen molar-refractivity contribution in [3.05, 3.63) is 12.7 Å². The van der Waals surface area contributed by atoms with Gasteiger partial charge in [-0.3, -0.25) is 0 Å². The third-order valence-corrected chi connectivity index (χ3v) is 5.87. The van der Waals surface area contributed by atoms with E-state index in [9.17, 15) is 9.90 Å². The van der Waals surface area contributed by atoms with Gasteiger partial charge in [-0.05, 0) is 6.92 Å². The summed E-state index contributed by atoms with van der Waals surface area (Å²) in [6.07, 6.45) is 0.484. The third-order valence-electron chi connectivity index (χ3n) is 2.73. The maximum absolute atomic E-state index is 11.6. The number of esters is 1. The first kappa shape index (κ1) is 19.2. The molecule has 0 rings (SSSR count). The van der Waals surface area contributed by atoms with E-state index >= 15 is 0 Å². The van der Waals surface area contributed by atoms with Crippen LogP contribution >= 0.6 is 0 Å². The van der Waals surface area contributed by atoms with E-state index in [-0.39, 0.29) is 13.0 Å². The molecule has 2 atom stereocenters. The molecule has 1 N–H and O–H groups in total. The zero-order chi connectivity index (χ0) is 15.8. The first-order valence-electron chi connectivity index (χ1n) is 6.19. The number of hydrogen-bond donors (Lipinski definition) is 1. The van der Waals surface area contributed by atoms with Gasteiger partial charge in [-0.2, -0.15) is 0 Å². The Morgan fingerprint density at radius 2 is 1.85 bits per heavy atom. The lowest BCUT2D eigenvalue weighted by atomic mass is 10.4. The van der Waals surface area contributed by atoms with Crippen molar-refractivity contribution in [1.29, 1.82) is 0 Å². The molecule has 0 saturated carbocycles. The maximum atomic E-state index is 11.6. The molecule has 0 bridgehead atoms. The molecule has 0 spiro atoms. The summed E-state index contributed by atoms with van der Waals surface area (Å²) in [5, 5.41) is 9.39. The van der Waals surface area contributed by atoms with Crippen LogP contribution in [0.25, 0.3) is 0 Å². The van der Waals surface area contributed by atoms with Crippen LogP contribution in [-0.4, -0.2) is 59.3 Å². The number of aliphatic hydroxyl groups is 1. The van der Waals surface area contributed by atoms with Crippen molar-refractivity contribution in [1.82, 2.24) is 0 Å². The highest BCUT2D eigenvalue weighted by Crippen LogP contribution is 2.32. The number of hydrogen-bond acceptors (Lipinski definition) is 7. The van der Waals surface area contributed by atoms with E-state index in [1.807, 2.05) is 0 Å². The minimum absolute atomic E-state index is 0.0664. The van der Waals surface area contributed by atoms with Crippen molar-refractivity contribution in [2.24, 2.45) is 0 Å². The Bertz CT molecular complexity index is 309. The Morgan fingerprint density at radius 3 is 2.15 bits per heavy atom. The fourth-order valence-corrected chi connectivity index (χ4v) is 4.10. The standard InChI is InChI=1S/C12H24O7Si/c1-7-11(14)19-12(8-2,18-9-10(3)13)20(15-4,16-5)17-6/h7,10,13H,1,8-9H2,2-6H3. The zero-order valence-corrected chi connectivity index (χ0v) is 13.7. The van der Waals surface area contributed by atoms with E-state index in [1.54, 1.807) is 13.8 Å². The second-order valence-electron chi connectivity index (χ2n) is 4.06. The van der Waals surface area contributed by atoms with Gasteiger partial charge in [0, 0.05) is 33.8 Å². The van der Waals surface area contributed by atoms with Gasteiger partial charge in [-0.15, -0.1) is 0 Å². The van der Waals surface area contributed by atoms with E-state index < -0.39 is 26.3 Å². The minimum Gasteiger partial charge on any atom is -0.424 e. The van der Waals surface area contributed by atoms with Gasteiger partial charge in [0.1, 0.15) is 0 Å². The van der Waals surface area contributed by atoms with Crippen molar-refractivity contribution < 1.29 is 32.7 Å². The smallest absolute Gasteiger partial charge is 0.424 e. The molecule has 0 saturated heterocycles. The van der Waals surface area contributed by atoms with Crippen LogP contribution in [0.5, 0.6) is 0 Å². The van der Waals surface area contributed by atoms with E-state index in [2.05, 4.69) is 6.58 Å². The summed E-state index contributed by atoms with van der Waals surface area (Å²) in [7, 11) is 0.691. The quantitative estimate of drug-likeness (QED) is 0.274. The van der Waals surface area contributed by atoms with Gasteiger partial charge in [-0.25, -0.2) is 4.79 Å². The largest absolute Gasteiger partial charge is 0.576 e. The van der Waals surface area contributed by atoms with Crippen LogP contribution in [0.4, 0.5) is 0 Å². The average Bonchev–Trinajstić information content (AvgIpc) is 2.46. The van der Waals surface area contributed by atoms with Crippen LogP contribution in [0.1, 0.15) is 20.3 Å². The normalized spacial score (nSPS) is 16.3. The molecule has 20 heavy (non-hydrogen) atoms. The highest BCUT2D eigenvalue weighted by Gasteiger charge is 2.64. The molecule has 8 heteroatoms. The summed E-state index contributed by atoms with van der Waals surface area (Å²) in [6.45, 7) is 6.56. The molecule has 0 aliphatic carbocycles. The monoisotopic (exact) mass is 308 g/mol. The molecule has 0 aromatic carbocycles. The molecule has 0 aliphatic rings. The highest BCUT2D eigenvalue weighted by atomic mass is 28.4. The van der Waals surface area contributed by atoms with Crippen molar-refractivity contribution in [2.75, 3.05) is 27.9 Å². The Balaban J connectivity index is 5.57. The third kappa shape index (κ3) is 4.11. The van der Waals surface area contributed by atoms with Crippen LogP contribution < -0.4 is 0 Å². The predicted molar refractivity (Wildman–Crippen MR) is 73.7 cm³/mol. The minimum atomic E-state index is -3.47. The zero-order valence-electron chi connectivity index (χ0n) is 12.7. The second kappa shape index (κ2) is 8.50. The van der Waals surface area contributed by atoms with Crippen LogP contribution in [0.2, 0.25) is 0 Å². The predicted octanol–water partition coefficient (Wildman–Crippen LogP) is 0.637. The number of rotatable bonds is 10. The SMILES string of the molecule is C=CC(=O)OC(CC)(OCC(C)O)[Si](OC)(OC)OC. The number of ether oxygens (including phenoxy) is 2. The van der Waals surface area contributed by atoms with E-state index in [0.717, 1.165) is 6.08 Å². The fourth-order valence-electron chi connectivity index (χ4n) is 1.75. The molecule has 0 aliphatic heterocycles. The first-order chi connectivity index (χ1) is 9.36. The molecule has 0 amide bonds. The van der Waals surface area contributed by atoms with Crippen molar-refractivity contribution in [2.45, 2.75) is 31.8 Å². The summed E-state index contributed by atoms with van der Waals surface area (Å²) in [6, 6.07) is 0. The fraction of sp³-hybridized carbons (Fsp3) is 0.750. The van der Waals surface area contributed by atoms with Crippen LogP contribution in [-0.2, 0) is 27.5 Å². The first-order valence-corrected chi connectivity index (χ1v) is 7.92. The molecule has 118 valence electrons. The van der Waals surface area contributed by atoms with Crippen molar-refractivity contribution in [3.8, 4) is 0 Å². The molecular weight excluding hydrogens is 284 g/mol. The Morgan fingerprint density at radius 1 is 1.35 bits per heavy atom. The Labute approximate surface area is 120 Å². The van der Waals surface area contributed by atoms with Gasteiger partial charge in [0.05, 0.1) is 12.7 Å². The number of carbonyl (C=O) groups is 1. The van der Waals surface area contributed by atoms with Crippen molar-refractivity contribution in [3.63, 3.8) is 0 Å². The van der Waals surface area contributed by atoms with Gasteiger partial charge >= 0.3 is 14.8 Å². The Hall–Kier alpha value is -0.773. The molecule has 0 fully saturated rings. The van der Waals surface area contributed by atoms with Crippen LogP contribution in [0.3, 0.4) is 0 Å².